The third-order valence-electron chi connectivity index (χ3n) is 3.09. The molecule has 0 saturated carbocycles. The Morgan fingerprint density at radius 2 is 2.33 bits per heavy atom. The van der Waals surface area contributed by atoms with Crippen LogP contribution in [0.15, 0.2) is 29.2 Å². The van der Waals surface area contributed by atoms with E-state index in [1.54, 1.807) is 6.20 Å². The van der Waals surface area contributed by atoms with Crippen LogP contribution in [0, 0.1) is 0 Å². The quantitative estimate of drug-likeness (QED) is 0.682. The van der Waals surface area contributed by atoms with Gasteiger partial charge in [-0.3, -0.25) is 4.79 Å². The zero-order chi connectivity index (χ0) is 10.9. The smallest absolute Gasteiger partial charge is 0.251 e. The molecule has 1 atom stereocenters. The highest BCUT2D eigenvalue weighted by molar-refractivity contribution is 5.33. The molecule has 1 heterocycles. The van der Waals surface area contributed by atoms with Crippen LogP contribution in [0.2, 0.25) is 0 Å². The maximum Gasteiger partial charge on any atom is 0.251 e. The van der Waals surface area contributed by atoms with E-state index in [1.165, 1.54) is 0 Å². The molecule has 1 aliphatic carbocycles. The average molecular weight is 205 g/mol. The molecule has 0 amide bonds. The van der Waals surface area contributed by atoms with Crippen LogP contribution >= 0.6 is 0 Å². The molecule has 2 rings (SSSR count). The molecule has 1 aliphatic rings. The molecule has 2 N–H and O–H groups in total. The van der Waals surface area contributed by atoms with Crippen LogP contribution in [0.25, 0.3) is 0 Å². The topological polar surface area (TPSA) is 53.1 Å². The maximum atomic E-state index is 11.6. The van der Waals surface area contributed by atoms with E-state index in [0.29, 0.717) is 24.8 Å². The lowest BCUT2D eigenvalue weighted by Crippen LogP contribution is -2.28. The van der Waals surface area contributed by atoms with Gasteiger partial charge in [0.25, 0.3) is 5.56 Å². The van der Waals surface area contributed by atoms with Crippen LogP contribution in [0.5, 0.6) is 0 Å². The number of pyridine rings is 1. The van der Waals surface area contributed by atoms with Gasteiger partial charge < -0.3 is 10.1 Å². The second-order valence-corrected chi connectivity index (χ2v) is 3.96. The predicted molar refractivity (Wildman–Crippen MR) is 58.7 cm³/mol. The van der Waals surface area contributed by atoms with Crippen molar-refractivity contribution in [2.24, 2.45) is 0 Å². The SMILES string of the molecule is CCC1(O)CC=CCc2c1cc[nH]c2=O. The number of aromatic amines is 1. The van der Waals surface area contributed by atoms with Gasteiger partial charge in [-0.2, -0.15) is 0 Å². The van der Waals surface area contributed by atoms with E-state index in [9.17, 15) is 9.90 Å². The Morgan fingerprint density at radius 1 is 1.53 bits per heavy atom. The highest BCUT2D eigenvalue weighted by atomic mass is 16.3. The van der Waals surface area contributed by atoms with E-state index in [0.717, 1.165) is 5.56 Å². The van der Waals surface area contributed by atoms with Crippen molar-refractivity contribution in [1.29, 1.82) is 0 Å². The van der Waals surface area contributed by atoms with Gasteiger partial charge in [-0.1, -0.05) is 19.1 Å². The van der Waals surface area contributed by atoms with E-state index < -0.39 is 5.60 Å². The lowest BCUT2D eigenvalue weighted by atomic mass is 9.87. The first-order valence-corrected chi connectivity index (χ1v) is 5.26. The summed E-state index contributed by atoms with van der Waals surface area (Å²) in [7, 11) is 0. The lowest BCUT2D eigenvalue weighted by molar-refractivity contribution is 0.0353. The molecule has 15 heavy (non-hydrogen) atoms. The van der Waals surface area contributed by atoms with E-state index in [-0.39, 0.29) is 5.56 Å². The highest BCUT2D eigenvalue weighted by Crippen LogP contribution is 2.32. The van der Waals surface area contributed by atoms with Gasteiger partial charge in [0.05, 0.1) is 5.60 Å². The van der Waals surface area contributed by atoms with Gasteiger partial charge in [-0.05, 0) is 30.9 Å². The Labute approximate surface area is 88.5 Å². The summed E-state index contributed by atoms with van der Waals surface area (Å²) in [6, 6.07) is 1.81. The Morgan fingerprint density at radius 3 is 3.07 bits per heavy atom. The molecular weight excluding hydrogens is 190 g/mol. The first kappa shape index (κ1) is 10.2. The molecule has 0 radical (unpaired) electrons. The number of aromatic nitrogens is 1. The third kappa shape index (κ3) is 1.63. The fourth-order valence-electron chi connectivity index (χ4n) is 2.07. The van der Waals surface area contributed by atoms with Crippen LogP contribution in [0.3, 0.4) is 0 Å². The van der Waals surface area contributed by atoms with Crippen LogP contribution in [0.1, 0.15) is 30.9 Å². The van der Waals surface area contributed by atoms with E-state index in [2.05, 4.69) is 4.98 Å². The summed E-state index contributed by atoms with van der Waals surface area (Å²) in [4.78, 5) is 14.3. The minimum absolute atomic E-state index is 0.0917. The van der Waals surface area contributed by atoms with Crippen LogP contribution in [-0.2, 0) is 12.0 Å². The van der Waals surface area contributed by atoms with Crippen LogP contribution in [0.4, 0.5) is 0 Å². The minimum Gasteiger partial charge on any atom is -0.385 e. The Balaban J connectivity index is 2.65. The molecule has 80 valence electrons. The number of nitrogens with one attached hydrogen (secondary N) is 1. The van der Waals surface area contributed by atoms with Crippen molar-refractivity contribution in [3.8, 4) is 0 Å². The molecule has 1 aromatic rings. The molecule has 0 aliphatic heterocycles. The summed E-state index contributed by atoms with van der Waals surface area (Å²) in [6.07, 6.45) is 7.30. The zero-order valence-electron chi connectivity index (χ0n) is 8.79. The lowest BCUT2D eigenvalue weighted by Gasteiger charge is -2.26. The number of aliphatic hydroxyl groups is 1. The molecule has 0 spiro atoms. The summed E-state index contributed by atoms with van der Waals surface area (Å²) in [5, 5.41) is 10.4. The fourth-order valence-corrected chi connectivity index (χ4v) is 2.07. The molecule has 0 fully saturated rings. The summed E-state index contributed by atoms with van der Waals surface area (Å²) in [6.45, 7) is 1.93. The fraction of sp³-hybridized carbons (Fsp3) is 0.417. The monoisotopic (exact) mass is 205 g/mol. The van der Waals surface area contributed by atoms with Crippen molar-refractivity contribution >= 4 is 0 Å². The largest absolute Gasteiger partial charge is 0.385 e. The molecule has 0 bridgehead atoms. The van der Waals surface area contributed by atoms with E-state index in [1.807, 2.05) is 25.1 Å². The van der Waals surface area contributed by atoms with Gasteiger partial charge in [0.1, 0.15) is 0 Å². The van der Waals surface area contributed by atoms with Crippen molar-refractivity contribution in [3.05, 3.63) is 45.9 Å². The van der Waals surface area contributed by atoms with Crippen molar-refractivity contribution < 1.29 is 5.11 Å². The van der Waals surface area contributed by atoms with Gasteiger partial charge in [-0.15, -0.1) is 0 Å². The maximum absolute atomic E-state index is 11.6. The molecule has 3 nitrogen and oxygen atoms in total. The molecule has 0 saturated heterocycles. The third-order valence-corrected chi connectivity index (χ3v) is 3.09. The van der Waals surface area contributed by atoms with Crippen LogP contribution < -0.4 is 5.56 Å². The van der Waals surface area contributed by atoms with E-state index in [4.69, 9.17) is 0 Å². The van der Waals surface area contributed by atoms with Gasteiger partial charge in [0.15, 0.2) is 0 Å². The Kier molecular flexibility index (Phi) is 2.49. The molecule has 1 unspecified atom stereocenters. The second-order valence-electron chi connectivity index (χ2n) is 3.96. The number of H-pyrrole nitrogens is 1. The minimum atomic E-state index is -0.878. The predicted octanol–water partition coefficient (Wildman–Crippen LogP) is 1.47. The normalized spacial score (nSPS) is 24.7. The van der Waals surface area contributed by atoms with Crippen LogP contribution in [-0.4, -0.2) is 10.1 Å². The summed E-state index contributed by atoms with van der Waals surface area (Å²) < 4.78 is 0. The second kappa shape index (κ2) is 3.66. The average Bonchev–Trinajstić information content (AvgIpc) is 2.41. The first-order valence-electron chi connectivity index (χ1n) is 5.26. The van der Waals surface area contributed by atoms with Gasteiger partial charge in [0.2, 0.25) is 0 Å². The number of hydrogen-bond donors (Lipinski definition) is 2. The molecular formula is C12H15NO2. The summed E-state index contributed by atoms with van der Waals surface area (Å²) >= 11 is 0. The van der Waals surface area contributed by atoms with Gasteiger partial charge in [-0.25, -0.2) is 0 Å². The first-order chi connectivity index (χ1) is 7.17. The van der Waals surface area contributed by atoms with Crippen molar-refractivity contribution in [2.75, 3.05) is 0 Å². The van der Waals surface area contributed by atoms with Crippen molar-refractivity contribution in [3.63, 3.8) is 0 Å². The number of rotatable bonds is 1. The zero-order valence-corrected chi connectivity index (χ0v) is 8.79. The van der Waals surface area contributed by atoms with Crippen molar-refractivity contribution in [1.82, 2.24) is 4.98 Å². The molecule has 3 heteroatoms. The Bertz CT molecular complexity index is 447. The number of allylic oxidation sites excluding steroid dienone is 1. The van der Waals surface area contributed by atoms with Gasteiger partial charge in [0, 0.05) is 11.8 Å². The summed E-state index contributed by atoms with van der Waals surface area (Å²) in [5.74, 6) is 0. The number of fused-ring (bicyclic) bond motifs is 1. The standard InChI is InChI=1S/C12H15NO2/c1-2-12(15)7-4-3-5-9-10(12)6-8-13-11(9)14/h3-4,6,8,15H,2,5,7H2,1H3,(H,13,14). The molecule has 1 aromatic heterocycles. The highest BCUT2D eigenvalue weighted by Gasteiger charge is 2.30. The Hall–Kier alpha value is -1.35. The summed E-state index contributed by atoms with van der Waals surface area (Å²) in [5.41, 5.74) is 0.497. The van der Waals surface area contributed by atoms with Gasteiger partial charge >= 0.3 is 0 Å². The van der Waals surface area contributed by atoms with E-state index >= 15 is 0 Å². The molecule has 0 aromatic carbocycles. The van der Waals surface area contributed by atoms with Crippen molar-refractivity contribution in [2.45, 2.75) is 31.8 Å². The number of hydrogen-bond acceptors (Lipinski definition) is 2.